The van der Waals surface area contributed by atoms with Crippen molar-refractivity contribution in [2.75, 3.05) is 6.54 Å². The van der Waals surface area contributed by atoms with Crippen molar-refractivity contribution in [3.05, 3.63) is 35.4 Å². The van der Waals surface area contributed by atoms with Crippen molar-refractivity contribution >= 4 is 11.9 Å². The minimum Gasteiger partial charge on any atom is -0.481 e. The molecule has 0 bridgehead atoms. The number of carboxylic acid groups (broad SMARTS) is 1. The highest BCUT2D eigenvalue weighted by molar-refractivity contribution is 5.82. The predicted octanol–water partition coefficient (Wildman–Crippen LogP) is 1.22. The summed E-state index contributed by atoms with van der Waals surface area (Å²) in [5, 5.41) is 9.24. The Labute approximate surface area is 105 Å². The van der Waals surface area contributed by atoms with Crippen LogP contribution in [0.1, 0.15) is 23.5 Å². The molecular weight excluding hydrogens is 230 g/mol. The van der Waals surface area contributed by atoms with Crippen LogP contribution in [0, 0.1) is 12.3 Å². The topological polar surface area (TPSA) is 57.6 Å². The zero-order valence-electron chi connectivity index (χ0n) is 9.80. The fourth-order valence-corrected chi connectivity index (χ4v) is 2.21. The van der Waals surface area contributed by atoms with E-state index in [1.54, 1.807) is 6.07 Å². The van der Waals surface area contributed by atoms with Gasteiger partial charge in [-0.3, -0.25) is 9.59 Å². The number of aliphatic carboxylic acids is 1. The molecular formula is C14H13NO3. The molecule has 0 aliphatic carbocycles. The van der Waals surface area contributed by atoms with Crippen LogP contribution in [-0.4, -0.2) is 28.4 Å². The second kappa shape index (κ2) is 4.92. The first kappa shape index (κ1) is 12.2. The monoisotopic (exact) mass is 243 g/mol. The lowest BCUT2D eigenvalue weighted by Crippen LogP contribution is -2.40. The molecule has 1 aliphatic heterocycles. The second-order valence-corrected chi connectivity index (χ2v) is 4.24. The van der Waals surface area contributed by atoms with Crippen LogP contribution in [0.25, 0.3) is 0 Å². The number of nitrogens with zero attached hydrogens (tertiary/aromatic N) is 1. The van der Waals surface area contributed by atoms with Gasteiger partial charge >= 0.3 is 5.97 Å². The summed E-state index contributed by atoms with van der Waals surface area (Å²) in [6.45, 7) is 0.618. The van der Waals surface area contributed by atoms with Crippen molar-refractivity contribution in [2.45, 2.75) is 18.9 Å². The normalized spacial score (nSPS) is 17.7. The maximum Gasteiger partial charge on any atom is 0.312 e. The third-order valence-corrected chi connectivity index (χ3v) is 3.10. The molecule has 1 amide bonds. The van der Waals surface area contributed by atoms with Gasteiger partial charge in [0, 0.05) is 13.1 Å². The fraction of sp³-hybridized carbons (Fsp3) is 0.286. The van der Waals surface area contributed by atoms with E-state index in [4.69, 9.17) is 6.42 Å². The first-order valence-corrected chi connectivity index (χ1v) is 5.65. The largest absolute Gasteiger partial charge is 0.481 e. The van der Waals surface area contributed by atoms with Gasteiger partial charge in [0.2, 0.25) is 5.91 Å². The molecule has 0 aromatic heterocycles. The van der Waals surface area contributed by atoms with Crippen LogP contribution >= 0.6 is 0 Å². The molecule has 1 N–H and O–H groups in total. The van der Waals surface area contributed by atoms with Gasteiger partial charge in [0.1, 0.15) is 0 Å². The van der Waals surface area contributed by atoms with Crippen molar-refractivity contribution in [1.29, 1.82) is 0 Å². The average Bonchev–Trinajstić information content (AvgIpc) is 2.37. The first-order valence-electron chi connectivity index (χ1n) is 5.65. The third kappa shape index (κ3) is 2.21. The summed E-state index contributed by atoms with van der Waals surface area (Å²) in [6.07, 6.45) is 5.12. The van der Waals surface area contributed by atoms with E-state index in [1.807, 2.05) is 18.2 Å². The van der Waals surface area contributed by atoms with E-state index >= 15 is 0 Å². The zero-order valence-corrected chi connectivity index (χ0v) is 9.80. The van der Waals surface area contributed by atoms with Gasteiger partial charge in [-0.15, -0.1) is 6.42 Å². The smallest absolute Gasteiger partial charge is 0.312 e. The molecule has 0 spiro atoms. The lowest BCUT2D eigenvalue weighted by atomic mass is 9.89. The molecule has 1 aromatic rings. The summed E-state index contributed by atoms with van der Waals surface area (Å²) in [5.74, 6) is 0.512. The third-order valence-electron chi connectivity index (χ3n) is 3.10. The van der Waals surface area contributed by atoms with E-state index in [0.717, 1.165) is 11.1 Å². The van der Waals surface area contributed by atoms with Crippen LogP contribution in [0.2, 0.25) is 0 Å². The van der Waals surface area contributed by atoms with Crippen LogP contribution in [0.4, 0.5) is 0 Å². The van der Waals surface area contributed by atoms with Gasteiger partial charge in [0.15, 0.2) is 0 Å². The number of terminal acetylenes is 1. The molecule has 1 atom stereocenters. The van der Waals surface area contributed by atoms with Gasteiger partial charge in [-0.2, -0.15) is 0 Å². The highest BCUT2D eigenvalue weighted by Gasteiger charge is 2.31. The average molecular weight is 243 g/mol. The Bertz CT molecular complexity index is 530. The maximum absolute atomic E-state index is 11.8. The van der Waals surface area contributed by atoms with Gasteiger partial charge in [-0.05, 0) is 11.1 Å². The number of hydrogen-bond donors (Lipinski definition) is 1. The number of rotatable bonds is 2. The minimum absolute atomic E-state index is 0.00844. The van der Waals surface area contributed by atoms with E-state index in [0.29, 0.717) is 6.54 Å². The van der Waals surface area contributed by atoms with E-state index in [9.17, 15) is 14.7 Å². The molecule has 2 rings (SSSR count). The summed E-state index contributed by atoms with van der Waals surface area (Å²) >= 11 is 0. The molecule has 0 saturated heterocycles. The maximum atomic E-state index is 11.8. The van der Waals surface area contributed by atoms with E-state index < -0.39 is 11.9 Å². The Morgan fingerprint density at radius 3 is 2.83 bits per heavy atom. The van der Waals surface area contributed by atoms with Crippen molar-refractivity contribution < 1.29 is 14.7 Å². The molecule has 4 nitrogen and oxygen atoms in total. The Morgan fingerprint density at radius 2 is 2.17 bits per heavy atom. The fourth-order valence-electron chi connectivity index (χ4n) is 2.21. The Morgan fingerprint density at radius 1 is 1.44 bits per heavy atom. The predicted molar refractivity (Wildman–Crippen MR) is 65.7 cm³/mol. The molecule has 1 heterocycles. The minimum atomic E-state index is -0.916. The van der Waals surface area contributed by atoms with Crippen LogP contribution in [0.3, 0.4) is 0 Å². The molecule has 1 aromatic carbocycles. The van der Waals surface area contributed by atoms with Crippen molar-refractivity contribution in [2.24, 2.45) is 0 Å². The second-order valence-electron chi connectivity index (χ2n) is 4.24. The van der Waals surface area contributed by atoms with Crippen LogP contribution < -0.4 is 0 Å². The zero-order chi connectivity index (χ0) is 13.1. The SMILES string of the molecule is C#CCC(=O)N1Cc2ccccc2C(C(=O)O)C1. The van der Waals surface area contributed by atoms with Crippen molar-refractivity contribution in [1.82, 2.24) is 4.90 Å². The number of carboxylic acids is 1. The van der Waals surface area contributed by atoms with Crippen molar-refractivity contribution in [3.8, 4) is 12.3 Å². The molecule has 0 saturated carbocycles. The number of hydrogen-bond acceptors (Lipinski definition) is 2. The van der Waals surface area contributed by atoms with Crippen LogP contribution in [-0.2, 0) is 16.1 Å². The van der Waals surface area contributed by atoms with Gasteiger partial charge < -0.3 is 10.0 Å². The van der Waals surface area contributed by atoms with E-state index in [1.165, 1.54) is 4.90 Å². The number of carbonyl (C=O) groups is 2. The summed E-state index contributed by atoms with van der Waals surface area (Å²) in [6, 6.07) is 7.30. The van der Waals surface area contributed by atoms with Crippen LogP contribution in [0.5, 0.6) is 0 Å². The first-order chi connectivity index (χ1) is 8.63. The lowest BCUT2D eigenvalue weighted by Gasteiger charge is -2.32. The molecule has 1 unspecified atom stereocenters. The van der Waals surface area contributed by atoms with Crippen LogP contribution in [0.15, 0.2) is 24.3 Å². The van der Waals surface area contributed by atoms with Gasteiger partial charge in [-0.25, -0.2) is 0 Å². The Balaban J connectivity index is 2.32. The Kier molecular flexibility index (Phi) is 3.33. The van der Waals surface area contributed by atoms with Gasteiger partial charge in [0.05, 0.1) is 12.3 Å². The van der Waals surface area contributed by atoms with Gasteiger partial charge in [-0.1, -0.05) is 30.2 Å². The molecule has 18 heavy (non-hydrogen) atoms. The molecule has 92 valence electrons. The molecule has 1 aliphatic rings. The quantitative estimate of drug-likeness (QED) is 0.794. The van der Waals surface area contributed by atoms with E-state index in [2.05, 4.69) is 5.92 Å². The Hall–Kier alpha value is -2.28. The molecule has 4 heteroatoms. The highest BCUT2D eigenvalue weighted by Crippen LogP contribution is 2.28. The van der Waals surface area contributed by atoms with E-state index in [-0.39, 0.29) is 18.9 Å². The molecule has 0 radical (unpaired) electrons. The summed E-state index contributed by atoms with van der Waals surface area (Å²) in [4.78, 5) is 24.5. The van der Waals surface area contributed by atoms with Crippen molar-refractivity contribution in [3.63, 3.8) is 0 Å². The summed E-state index contributed by atoms with van der Waals surface area (Å²) < 4.78 is 0. The lowest BCUT2D eigenvalue weighted by molar-refractivity contribution is -0.141. The highest BCUT2D eigenvalue weighted by atomic mass is 16.4. The summed E-state index contributed by atoms with van der Waals surface area (Å²) in [7, 11) is 0. The van der Waals surface area contributed by atoms with Gasteiger partial charge in [0.25, 0.3) is 0 Å². The number of benzene rings is 1. The molecule has 0 fully saturated rings. The standard InChI is InChI=1S/C14H13NO3/c1-2-5-13(16)15-8-10-6-3-4-7-11(10)12(9-15)14(17)18/h1,3-4,6-7,12H,5,8-9H2,(H,17,18). The number of amides is 1. The summed E-state index contributed by atoms with van der Waals surface area (Å²) in [5.41, 5.74) is 1.66. The number of fused-ring (bicyclic) bond motifs is 1. The number of carbonyl (C=O) groups excluding carboxylic acids is 1.